The van der Waals surface area contributed by atoms with E-state index in [1.54, 1.807) is 0 Å². The molecule has 2 aromatic heterocycles. The van der Waals surface area contributed by atoms with Gasteiger partial charge < -0.3 is 0 Å². The van der Waals surface area contributed by atoms with Gasteiger partial charge >= 0.3 is 0 Å². The topological polar surface area (TPSA) is 30.2 Å². The fourth-order valence-electron chi connectivity index (χ4n) is 3.62. The molecule has 2 heterocycles. The fourth-order valence-corrected chi connectivity index (χ4v) is 3.62. The van der Waals surface area contributed by atoms with Crippen molar-refractivity contribution in [1.29, 1.82) is 0 Å². The normalized spacial score (nSPS) is 15.8. The molecule has 3 heteroatoms. The maximum Gasteiger partial charge on any atom is 0.235 e. The second-order valence-electron chi connectivity index (χ2n) is 6.69. The largest absolute Gasteiger partial charge is 0.285 e. The van der Waals surface area contributed by atoms with Crippen molar-refractivity contribution in [2.75, 3.05) is 0 Å². The van der Waals surface area contributed by atoms with Crippen molar-refractivity contribution in [3.8, 4) is 11.3 Å². The zero-order valence-electron chi connectivity index (χ0n) is 12.9. The number of hydrogen-bond donors (Lipinski definition) is 0. The van der Waals surface area contributed by atoms with Crippen LogP contribution in [0.3, 0.4) is 0 Å². The van der Waals surface area contributed by atoms with Crippen LogP contribution in [0.25, 0.3) is 17.0 Å². The van der Waals surface area contributed by atoms with Crippen LogP contribution in [-0.4, -0.2) is 14.4 Å². The monoisotopic (exact) mass is 277 g/mol. The van der Waals surface area contributed by atoms with Gasteiger partial charge in [0, 0.05) is 17.0 Å². The van der Waals surface area contributed by atoms with Gasteiger partial charge in [0.2, 0.25) is 5.78 Å². The van der Waals surface area contributed by atoms with E-state index in [4.69, 9.17) is 4.98 Å². The molecule has 0 radical (unpaired) electrons. The van der Waals surface area contributed by atoms with Gasteiger partial charge in [-0.25, -0.2) is 9.97 Å². The van der Waals surface area contributed by atoms with E-state index in [9.17, 15) is 0 Å². The second-order valence-corrected chi connectivity index (χ2v) is 6.69. The molecule has 3 aromatic rings. The first-order valence-corrected chi connectivity index (χ1v) is 7.43. The lowest BCUT2D eigenvalue weighted by Gasteiger charge is -2.32. The standard InChI is InChI=1S/C18H19N3/c1-11-9-12(2)21-15-10-18(3,4)14-8-6-5-7-13(14)16(15)20-17(21)19-11/h5-9H,10H2,1-4H3. The van der Waals surface area contributed by atoms with Crippen molar-refractivity contribution in [3.63, 3.8) is 0 Å². The summed E-state index contributed by atoms with van der Waals surface area (Å²) in [7, 11) is 0. The SMILES string of the molecule is Cc1cc(C)n2c3c(nc2n1)-c1ccccc1C(C)(C)C3. The molecule has 0 unspecified atom stereocenters. The summed E-state index contributed by atoms with van der Waals surface area (Å²) in [5.41, 5.74) is 7.39. The van der Waals surface area contributed by atoms with E-state index in [1.165, 1.54) is 22.5 Å². The number of nitrogens with zero attached hydrogens (tertiary/aromatic N) is 3. The zero-order valence-corrected chi connectivity index (χ0v) is 12.9. The summed E-state index contributed by atoms with van der Waals surface area (Å²) in [4.78, 5) is 9.45. The van der Waals surface area contributed by atoms with Crippen molar-refractivity contribution in [2.45, 2.75) is 39.5 Å². The van der Waals surface area contributed by atoms with Crippen molar-refractivity contribution in [2.24, 2.45) is 0 Å². The van der Waals surface area contributed by atoms with E-state index in [2.05, 4.69) is 60.5 Å². The quantitative estimate of drug-likeness (QED) is 0.625. The van der Waals surface area contributed by atoms with Gasteiger partial charge in [-0.3, -0.25) is 4.40 Å². The van der Waals surface area contributed by atoms with Crippen LogP contribution in [0.1, 0.15) is 36.5 Å². The fraction of sp³-hybridized carbons (Fsp3) is 0.333. The number of aromatic nitrogens is 3. The van der Waals surface area contributed by atoms with Crippen LogP contribution in [0.15, 0.2) is 30.3 Å². The lowest BCUT2D eigenvalue weighted by Crippen LogP contribution is -2.26. The highest BCUT2D eigenvalue weighted by Gasteiger charge is 2.34. The van der Waals surface area contributed by atoms with E-state index in [0.717, 1.165) is 23.6 Å². The minimum absolute atomic E-state index is 0.122. The number of aryl methyl sites for hydroxylation is 2. The summed E-state index contributed by atoms with van der Waals surface area (Å²) in [5, 5.41) is 0. The van der Waals surface area contributed by atoms with E-state index < -0.39 is 0 Å². The first-order chi connectivity index (χ1) is 9.97. The van der Waals surface area contributed by atoms with E-state index in [-0.39, 0.29) is 5.41 Å². The molecule has 0 amide bonds. The Labute approximate surface area is 124 Å². The molecule has 0 atom stereocenters. The highest BCUT2D eigenvalue weighted by Crippen LogP contribution is 2.42. The number of imidazole rings is 1. The molecule has 1 aliphatic carbocycles. The third-order valence-corrected chi connectivity index (χ3v) is 4.52. The van der Waals surface area contributed by atoms with Crippen molar-refractivity contribution < 1.29 is 0 Å². The molecule has 0 saturated carbocycles. The van der Waals surface area contributed by atoms with Crippen LogP contribution in [0.5, 0.6) is 0 Å². The van der Waals surface area contributed by atoms with Crippen molar-refractivity contribution in [3.05, 3.63) is 53.0 Å². The molecule has 0 bridgehead atoms. The van der Waals surface area contributed by atoms with Gasteiger partial charge in [0.1, 0.15) is 0 Å². The molecule has 1 aromatic carbocycles. The number of rotatable bonds is 0. The summed E-state index contributed by atoms with van der Waals surface area (Å²) < 4.78 is 2.22. The van der Waals surface area contributed by atoms with Crippen molar-refractivity contribution >= 4 is 5.78 Å². The molecule has 0 aliphatic heterocycles. The highest BCUT2D eigenvalue weighted by molar-refractivity contribution is 5.73. The molecule has 1 aliphatic rings. The predicted octanol–water partition coefficient (Wildman–Crippen LogP) is 3.85. The minimum atomic E-state index is 0.122. The van der Waals surface area contributed by atoms with Crippen LogP contribution >= 0.6 is 0 Å². The molecule has 4 rings (SSSR count). The van der Waals surface area contributed by atoms with Crippen LogP contribution < -0.4 is 0 Å². The van der Waals surface area contributed by atoms with E-state index in [1.807, 2.05) is 6.92 Å². The lowest BCUT2D eigenvalue weighted by atomic mass is 9.73. The highest BCUT2D eigenvalue weighted by atomic mass is 15.1. The van der Waals surface area contributed by atoms with Gasteiger partial charge in [0.05, 0.1) is 11.4 Å². The molecule has 21 heavy (non-hydrogen) atoms. The van der Waals surface area contributed by atoms with E-state index >= 15 is 0 Å². The maximum atomic E-state index is 4.83. The van der Waals surface area contributed by atoms with Gasteiger partial charge in [-0.05, 0) is 37.3 Å². The Kier molecular flexibility index (Phi) is 2.36. The molecule has 0 N–H and O–H groups in total. The van der Waals surface area contributed by atoms with E-state index in [0.29, 0.717) is 0 Å². The predicted molar refractivity (Wildman–Crippen MR) is 84.6 cm³/mol. The summed E-state index contributed by atoms with van der Waals surface area (Å²) >= 11 is 0. The Morgan fingerprint density at radius 2 is 1.86 bits per heavy atom. The Bertz CT molecular complexity index is 872. The second kappa shape index (κ2) is 3.94. The van der Waals surface area contributed by atoms with Gasteiger partial charge in [0.15, 0.2) is 0 Å². The number of fused-ring (bicyclic) bond motifs is 5. The maximum absolute atomic E-state index is 4.83. The molecule has 106 valence electrons. The zero-order chi connectivity index (χ0) is 14.8. The average Bonchev–Trinajstić information content (AvgIpc) is 2.76. The van der Waals surface area contributed by atoms with Crippen LogP contribution in [0, 0.1) is 13.8 Å². The van der Waals surface area contributed by atoms with Crippen LogP contribution in [0.4, 0.5) is 0 Å². The Morgan fingerprint density at radius 3 is 2.67 bits per heavy atom. The number of hydrogen-bond acceptors (Lipinski definition) is 2. The third-order valence-electron chi connectivity index (χ3n) is 4.52. The Morgan fingerprint density at radius 1 is 1.10 bits per heavy atom. The van der Waals surface area contributed by atoms with Gasteiger partial charge in [-0.2, -0.15) is 0 Å². The first kappa shape index (κ1) is 12.6. The summed E-state index contributed by atoms with van der Waals surface area (Å²) in [5.74, 6) is 0.824. The summed E-state index contributed by atoms with van der Waals surface area (Å²) in [6, 6.07) is 10.8. The molecule has 3 nitrogen and oxygen atoms in total. The molecule has 0 saturated heterocycles. The van der Waals surface area contributed by atoms with Crippen LogP contribution in [0.2, 0.25) is 0 Å². The Balaban J connectivity index is 2.13. The van der Waals surface area contributed by atoms with Gasteiger partial charge in [-0.1, -0.05) is 38.1 Å². The molecule has 0 fully saturated rings. The summed E-state index contributed by atoms with van der Waals surface area (Å²) in [6.45, 7) is 8.78. The molecular weight excluding hydrogens is 258 g/mol. The van der Waals surface area contributed by atoms with Gasteiger partial charge in [0.25, 0.3) is 0 Å². The third kappa shape index (κ3) is 1.67. The lowest BCUT2D eigenvalue weighted by molar-refractivity contribution is 0.507. The molecule has 0 spiro atoms. The average molecular weight is 277 g/mol. The smallest absolute Gasteiger partial charge is 0.235 e. The minimum Gasteiger partial charge on any atom is -0.285 e. The summed E-state index contributed by atoms with van der Waals surface area (Å²) in [6.07, 6.45) is 0.992. The number of benzene rings is 1. The first-order valence-electron chi connectivity index (χ1n) is 7.43. The van der Waals surface area contributed by atoms with Crippen LogP contribution in [-0.2, 0) is 11.8 Å². The van der Waals surface area contributed by atoms with Gasteiger partial charge in [-0.15, -0.1) is 0 Å². The van der Waals surface area contributed by atoms with Crippen molar-refractivity contribution in [1.82, 2.24) is 14.4 Å². The molecular formula is C18H19N3. The Hall–Kier alpha value is -2.16.